The molecule has 0 spiro atoms. The highest BCUT2D eigenvalue weighted by Crippen LogP contribution is 2.27. The third-order valence-electron chi connectivity index (χ3n) is 4.17. The SMILES string of the molecule is CCc1ccccc1Nc1ccc(NC(=O)C2CCC2)nc1. The molecule has 1 aromatic carbocycles. The van der Waals surface area contributed by atoms with Crippen molar-refractivity contribution in [1.82, 2.24) is 4.98 Å². The van der Waals surface area contributed by atoms with Gasteiger partial charge in [0.15, 0.2) is 0 Å². The quantitative estimate of drug-likeness (QED) is 0.872. The van der Waals surface area contributed by atoms with Crippen molar-refractivity contribution in [2.24, 2.45) is 5.92 Å². The first-order valence-electron chi connectivity index (χ1n) is 7.88. The molecule has 114 valence electrons. The molecule has 0 atom stereocenters. The molecule has 1 fully saturated rings. The van der Waals surface area contributed by atoms with E-state index in [2.05, 4.69) is 34.7 Å². The number of rotatable bonds is 5. The topological polar surface area (TPSA) is 54.0 Å². The Morgan fingerprint density at radius 2 is 2.05 bits per heavy atom. The lowest BCUT2D eigenvalue weighted by Gasteiger charge is -2.23. The molecule has 1 aliphatic carbocycles. The fourth-order valence-corrected chi connectivity index (χ4v) is 2.55. The molecule has 2 N–H and O–H groups in total. The largest absolute Gasteiger partial charge is 0.354 e. The van der Waals surface area contributed by atoms with Crippen LogP contribution in [0.5, 0.6) is 0 Å². The van der Waals surface area contributed by atoms with Crippen LogP contribution < -0.4 is 10.6 Å². The van der Waals surface area contributed by atoms with Crippen molar-refractivity contribution in [3.05, 3.63) is 48.2 Å². The van der Waals surface area contributed by atoms with Crippen LogP contribution in [0.15, 0.2) is 42.6 Å². The molecule has 4 nitrogen and oxygen atoms in total. The van der Waals surface area contributed by atoms with Crippen LogP contribution in [0.25, 0.3) is 0 Å². The smallest absolute Gasteiger partial charge is 0.228 e. The Balaban J connectivity index is 1.65. The predicted molar refractivity (Wildman–Crippen MR) is 89.3 cm³/mol. The van der Waals surface area contributed by atoms with E-state index in [-0.39, 0.29) is 11.8 Å². The number of carbonyl (C=O) groups is 1. The zero-order valence-electron chi connectivity index (χ0n) is 12.8. The van der Waals surface area contributed by atoms with Gasteiger partial charge in [-0.15, -0.1) is 0 Å². The lowest BCUT2D eigenvalue weighted by Crippen LogP contribution is -2.28. The normalized spacial score (nSPS) is 14.2. The van der Waals surface area contributed by atoms with Crippen LogP contribution >= 0.6 is 0 Å². The summed E-state index contributed by atoms with van der Waals surface area (Å²) < 4.78 is 0. The second-order valence-corrected chi connectivity index (χ2v) is 5.68. The Bertz CT molecular complexity index is 648. The lowest BCUT2D eigenvalue weighted by atomic mass is 9.85. The van der Waals surface area contributed by atoms with Crippen LogP contribution in [-0.2, 0) is 11.2 Å². The van der Waals surface area contributed by atoms with Crippen LogP contribution in [0.4, 0.5) is 17.2 Å². The van der Waals surface area contributed by atoms with Crippen molar-refractivity contribution < 1.29 is 4.79 Å². The number of para-hydroxylation sites is 1. The van der Waals surface area contributed by atoms with E-state index < -0.39 is 0 Å². The van der Waals surface area contributed by atoms with Crippen LogP contribution in [0.3, 0.4) is 0 Å². The van der Waals surface area contributed by atoms with Gasteiger partial charge in [-0.3, -0.25) is 4.79 Å². The molecule has 0 bridgehead atoms. The van der Waals surface area contributed by atoms with Gasteiger partial charge in [-0.1, -0.05) is 31.5 Å². The Labute approximate surface area is 131 Å². The first-order valence-corrected chi connectivity index (χ1v) is 7.88. The maximum absolute atomic E-state index is 11.9. The minimum Gasteiger partial charge on any atom is -0.354 e. The van der Waals surface area contributed by atoms with E-state index in [1.54, 1.807) is 6.20 Å². The molecule has 0 saturated heterocycles. The van der Waals surface area contributed by atoms with Crippen LogP contribution in [0.2, 0.25) is 0 Å². The first-order chi connectivity index (χ1) is 10.8. The lowest BCUT2D eigenvalue weighted by molar-refractivity contribution is -0.122. The molecule has 1 amide bonds. The number of nitrogens with one attached hydrogen (secondary N) is 2. The molecule has 22 heavy (non-hydrogen) atoms. The molecule has 2 aromatic rings. The summed E-state index contributed by atoms with van der Waals surface area (Å²) in [5.74, 6) is 0.887. The number of nitrogens with zero attached hydrogens (tertiary/aromatic N) is 1. The Morgan fingerprint density at radius 1 is 1.23 bits per heavy atom. The summed E-state index contributed by atoms with van der Waals surface area (Å²) in [6.45, 7) is 2.14. The third-order valence-corrected chi connectivity index (χ3v) is 4.17. The number of hydrogen-bond acceptors (Lipinski definition) is 3. The van der Waals surface area contributed by atoms with Gasteiger partial charge in [0.2, 0.25) is 5.91 Å². The Kier molecular flexibility index (Phi) is 4.37. The van der Waals surface area contributed by atoms with Crippen molar-refractivity contribution in [1.29, 1.82) is 0 Å². The van der Waals surface area contributed by atoms with Gasteiger partial charge in [0.05, 0.1) is 11.9 Å². The van der Waals surface area contributed by atoms with Crippen molar-refractivity contribution in [3.8, 4) is 0 Å². The molecule has 1 aliphatic rings. The number of aryl methyl sites for hydroxylation is 1. The minimum atomic E-state index is 0.0933. The maximum Gasteiger partial charge on any atom is 0.228 e. The van der Waals surface area contributed by atoms with Crippen LogP contribution in [0.1, 0.15) is 31.7 Å². The van der Waals surface area contributed by atoms with Gasteiger partial charge in [-0.25, -0.2) is 4.98 Å². The van der Waals surface area contributed by atoms with E-state index in [1.807, 2.05) is 24.3 Å². The molecule has 1 aromatic heterocycles. The number of benzene rings is 1. The second kappa shape index (κ2) is 6.60. The fraction of sp³-hybridized carbons (Fsp3) is 0.333. The summed E-state index contributed by atoms with van der Waals surface area (Å²) in [6.07, 6.45) is 5.89. The molecule has 3 rings (SSSR count). The van der Waals surface area contributed by atoms with E-state index in [0.717, 1.165) is 37.1 Å². The van der Waals surface area contributed by atoms with E-state index in [1.165, 1.54) is 5.56 Å². The van der Waals surface area contributed by atoms with Gasteiger partial charge in [0.1, 0.15) is 5.82 Å². The third kappa shape index (κ3) is 3.27. The summed E-state index contributed by atoms with van der Waals surface area (Å²) in [6, 6.07) is 12.0. The monoisotopic (exact) mass is 295 g/mol. The fourth-order valence-electron chi connectivity index (χ4n) is 2.55. The summed E-state index contributed by atoms with van der Waals surface area (Å²) >= 11 is 0. The van der Waals surface area contributed by atoms with Gasteiger partial charge in [0, 0.05) is 11.6 Å². The number of anilines is 3. The van der Waals surface area contributed by atoms with E-state index >= 15 is 0 Å². The van der Waals surface area contributed by atoms with Gasteiger partial charge in [-0.05, 0) is 43.0 Å². The molecular formula is C18H21N3O. The average Bonchev–Trinajstić information content (AvgIpc) is 2.48. The van der Waals surface area contributed by atoms with Crippen molar-refractivity contribution in [3.63, 3.8) is 0 Å². The van der Waals surface area contributed by atoms with Gasteiger partial charge < -0.3 is 10.6 Å². The average molecular weight is 295 g/mol. The van der Waals surface area contributed by atoms with Crippen LogP contribution in [0, 0.1) is 5.92 Å². The highest BCUT2D eigenvalue weighted by molar-refractivity contribution is 5.92. The van der Waals surface area contributed by atoms with E-state index in [9.17, 15) is 4.79 Å². The zero-order chi connectivity index (χ0) is 15.4. The molecular weight excluding hydrogens is 274 g/mol. The molecule has 0 radical (unpaired) electrons. The summed E-state index contributed by atoms with van der Waals surface area (Å²) in [7, 11) is 0. The van der Waals surface area contributed by atoms with Crippen molar-refractivity contribution in [2.45, 2.75) is 32.6 Å². The van der Waals surface area contributed by atoms with E-state index in [0.29, 0.717) is 5.82 Å². The maximum atomic E-state index is 11.9. The summed E-state index contributed by atoms with van der Waals surface area (Å²) in [4.78, 5) is 16.2. The number of hydrogen-bond donors (Lipinski definition) is 2. The molecule has 4 heteroatoms. The standard InChI is InChI=1S/C18H21N3O/c1-2-13-6-3-4-9-16(13)20-15-10-11-17(19-12-15)21-18(22)14-7-5-8-14/h3-4,6,9-12,14,20H,2,5,7-8H2,1H3,(H,19,21,22). The van der Waals surface area contributed by atoms with Crippen molar-refractivity contribution in [2.75, 3.05) is 10.6 Å². The first kappa shape index (κ1) is 14.6. The molecule has 0 unspecified atom stereocenters. The molecule has 1 heterocycles. The van der Waals surface area contributed by atoms with E-state index in [4.69, 9.17) is 0 Å². The summed E-state index contributed by atoms with van der Waals surface area (Å²) in [5, 5.41) is 6.25. The van der Waals surface area contributed by atoms with Crippen molar-refractivity contribution >= 4 is 23.1 Å². The number of carbonyl (C=O) groups excluding carboxylic acids is 1. The van der Waals surface area contributed by atoms with Gasteiger partial charge >= 0.3 is 0 Å². The highest BCUT2D eigenvalue weighted by atomic mass is 16.2. The number of aromatic nitrogens is 1. The number of amides is 1. The second-order valence-electron chi connectivity index (χ2n) is 5.68. The van der Waals surface area contributed by atoms with Crippen LogP contribution in [-0.4, -0.2) is 10.9 Å². The van der Waals surface area contributed by atoms with Gasteiger partial charge in [-0.2, -0.15) is 0 Å². The minimum absolute atomic E-state index is 0.0933. The zero-order valence-corrected chi connectivity index (χ0v) is 12.8. The Hall–Kier alpha value is -2.36. The van der Waals surface area contributed by atoms with Gasteiger partial charge in [0.25, 0.3) is 0 Å². The molecule has 0 aliphatic heterocycles. The summed E-state index contributed by atoms with van der Waals surface area (Å²) in [5.41, 5.74) is 3.28. The predicted octanol–water partition coefficient (Wildman–Crippen LogP) is 4.13. The highest BCUT2D eigenvalue weighted by Gasteiger charge is 2.25. The number of pyridine rings is 1. The molecule has 1 saturated carbocycles. The Morgan fingerprint density at radius 3 is 2.68 bits per heavy atom.